The molecule has 3 heteroatoms. The Kier molecular flexibility index (Phi) is 5.26. The second-order valence-electron chi connectivity index (χ2n) is 6.83. The van der Waals surface area contributed by atoms with Crippen molar-refractivity contribution in [2.75, 3.05) is 18.0 Å². The molecule has 0 saturated carbocycles. The molecule has 1 N–H and O–H groups in total. The summed E-state index contributed by atoms with van der Waals surface area (Å²) in [6.07, 6.45) is 3.85. The van der Waals surface area contributed by atoms with Gasteiger partial charge in [0.2, 0.25) is 0 Å². The van der Waals surface area contributed by atoms with Crippen molar-refractivity contribution in [3.63, 3.8) is 0 Å². The van der Waals surface area contributed by atoms with Crippen LogP contribution in [-0.2, 0) is 6.54 Å². The summed E-state index contributed by atoms with van der Waals surface area (Å²) < 4.78 is 0. The van der Waals surface area contributed by atoms with Crippen LogP contribution in [0, 0.1) is 12.3 Å². The number of aryl methyl sites for hydroxylation is 1. The predicted molar refractivity (Wildman–Crippen MR) is 90.8 cm³/mol. The van der Waals surface area contributed by atoms with Crippen LogP contribution in [0.15, 0.2) is 12.1 Å². The van der Waals surface area contributed by atoms with Crippen LogP contribution in [0.5, 0.6) is 0 Å². The highest BCUT2D eigenvalue weighted by atomic mass is 15.2. The fourth-order valence-corrected chi connectivity index (χ4v) is 3.21. The van der Waals surface area contributed by atoms with Gasteiger partial charge in [0.05, 0.1) is 0 Å². The summed E-state index contributed by atoms with van der Waals surface area (Å²) in [6.45, 7) is 14.4. The number of nitrogens with zero attached hydrogens (tertiary/aromatic N) is 2. The van der Waals surface area contributed by atoms with E-state index in [-0.39, 0.29) is 0 Å². The van der Waals surface area contributed by atoms with Crippen molar-refractivity contribution < 1.29 is 0 Å². The zero-order chi connectivity index (χ0) is 15.5. The molecule has 1 saturated heterocycles. The van der Waals surface area contributed by atoms with Crippen LogP contribution in [0.3, 0.4) is 0 Å². The minimum atomic E-state index is 0.507. The zero-order valence-electron chi connectivity index (χ0n) is 14.4. The maximum Gasteiger partial charge on any atom is 0.128 e. The van der Waals surface area contributed by atoms with Crippen LogP contribution in [0.2, 0.25) is 0 Å². The average molecular weight is 289 g/mol. The molecule has 2 rings (SSSR count). The highest BCUT2D eigenvalue weighted by molar-refractivity contribution is 5.43. The molecule has 1 aromatic heterocycles. The smallest absolute Gasteiger partial charge is 0.128 e. The molecule has 3 nitrogen and oxygen atoms in total. The van der Waals surface area contributed by atoms with Gasteiger partial charge in [-0.15, -0.1) is 0 Å². The Balaban J connectivity index is 2.07. The summed E-state index contributed by atoms with van der Waals surface area (Å²) >= 11 is 0. The van der Waals surface area contributed by atoms with Gasteiger partial charge in [-0.2, -0.15) is 0 Å². The summed E-state index contributed by atoms with van der Waals surface area (Å²) in [6, 6.07) is 4.95. The van der Waals surface area contributed by atoms with Crippen LogP contribution in [-0.4, -0.2) is 24.1 Å². The Hall–Kier alpha value is -1.09. The summed E-state index contributed by atoms with van der Waals surface area (Å²) in [7, 11) is 0. The molecule has 0 bridgehead atoms. The molecule has 21 heavy (non-hydrogen) atoms. The molecular weight excluding hydrogens is 258 g/mol. The summed E-state index contributed by atoms with van der Waals surface area (Å²) in [5.41, 5.74) is 2.98. The van der Waals surface area contributed by atoms with Gasteiger partial charge in [0.1, 0.15) is 5.82 Å². The fourth-order valence-electron chi connectivity index (χ4n) is 3.21. The van der Waals surface area contributed by atoms with Gasteiger partial charge in [-0.25, -0.2) is 4.98 Å². The molecule has 0 amide bonds. The van der Waals surface area contributed by atoms with Gasteiger partial charge in [-0.05, 0) is 43.2 Å². The van der Waals surface area contributed by atoms with Crippen molar-refractivity contribution in [3.8, 4) is 0 Å². The van der Waals surface area contributed by atoms with E-state index in [1.807, 2.05) is 0 Å². The quantitative estimate of drug-likeness (QED) is 0.860. The first-order valence-electron chi connectivity index (χ1n) is 8.44. The monoisotopic (exact) mass is 289 g/mol. The Labute approximate surface area is 130 Å². The number of anilines is 1. The Bertz CT molecular complexity index is 464. The molecule has 0 atom stereocenters. The first-order chi connectivity index (χ1) is 9.99. The molecule has 1 aliphatic heterocycles. The number of hydrogen-bond donors (Lipinski definition) is 1. The van der Waals surface area contributed by atoms with E-state index in [4.69, 9.17) is 4.98 Å². The Morgan fingerprint density at radius 1 is 1.29 bits per heavy atom. The Morgan fingerprint density at radius 3 is 2.52 bits per heavy atom. The lowest BCUT2D eigenvalue weighted by atomic mass is 9.82. The molecule has 2 heterocycles. The molecule has 118 valence electrons. The topological polar surface area (TPSA) is 28.2 Å². The lowest BCUT2D eigenvalue weighted by Crippen LogP contribution is -2.27. The number of aromatic nitrogens is 1. The van der Waals surface area contributed by atoms with Gasteiger partial charge in [0, 0.05) is 31.4 Å². The van der Waals surface area contributed by atoms with Gasteiger partial charge in [0.25, 0.3) is 0 Å². The van der Waals surface area contributed by atoms with Gasteiger partial charge in [0.15, 0.2) is 0 Å². The standard InChI is InChI=1S/C18H31N3/c1-6-18(7-2)10-11-21(13-18)17-9-8-16(15(5)20-17)12-19-14(3)4/h8-9,14,19H,6-7,10-13H2,1-5H3. The number of nitrogens with one attached hydrogen (secondary N) is 1. The van der Waals surface area contributed by atoms with Gasteiger partial charge in [-0.3, -0.25) is 0 Å². The van der Waals surface area contributed by atoms with Crippen LogP contribution < -0.4 is 10.2 Å². The molecule has 0 aliphatic carbocycles. The third-order valence-corrected chi connectivity index (χ3v) is 5.14. The molecular formula is C18H31N3. The van der Waals surface area contributed by atoms with Gasteiger partial charge >= 0.3 is 0 Å². The second kappa shape index (κ2) is 6.78. The highest BCUT2D eigenvalue weighted by Crippen LogP contribution is 2.38. The van der Waals surface area contributed by atoms with Gasteiger partial charge in [-0.1, -0.05) is 33.8 Å². The maximum atomic E-state index is 4.85. The van der Waals surface area contributed by atoms with E-state index in [0.717, 1.165) is 31.1 Å². The number of pyridine rings is 1. The lowest BCUT2D eigenvalue weighted by molar-refractivity contribution is 0.301. The third-order valence-electron chi connectivity index (χ3n) is 5.14. The van der Waals surface area contributed by atoms with Crippen molar-refractivity contribution in [2.24, 2.45) is 5.41 Å². The van der Waals surface area contributed by atoms with Crippen molar-refractivity contribution in [1.29, 1.82) is 0 Å². The summed E-state index contributed by atoms with van der Waals surface area (Å²) in [5, 5.41) is 3.47. The number of hydrogen-bond acceptors (Lipinski definition) is 3. The second-order valence-corrected chi connectivity index (χ2v) is 6.83. The van der Waals surface area contributed by atoms with Crippen LogP contribution in [0.1, 0.15) is 58.2 Å². The van der Waals surface area contributed by atoms with E-state index >= 15 is 0 Å². The van der Waals surface area contributed by atoms with Crippen LogP contribution >= 0.6 is 0 Å². The SMILES string of the molecule is CCC1(CC)CCN(c2ccc(CNC(C)C)c(C)n2)C1. The minimum Gasteiger partial charge on any atom is -0.356 e. The molecule has 0 aromatic carbocycles. The lowest BCUT2D eigenvalue weighted by Gasteiger charge is -2.27. The van der Waals surface area contributed by atoms with E-state index < -0.39 is 0 Å². The van der Waals surface area contributed by atoms with Crippen LogP contribution in [0.25, 0.3) is 0 Å². The molecule has 1 aliphatic rings. The molecule has 0 spiro atoms. The van der Waals surface area contributed by atoms with Gasteiger partial charge < -0.3 is 10.2 Å². The van der Waals surface area contributed by atoms with E-state index in [1.54, 1.807) is 0 Å². The average Bonchev–Trinajstić information content (AvgIpc) is 2.91. The van der Waals surface area contributed by atoms with E-state index in [9.17, 15) is 0 Å². The van der Waals surface area contributed by atoms with Crippen molar-refractivity contribution in [1.82, 2.24) is 10.3 Å². The van der Waals surface area contributed by atoms with E-state index in [0.29, 0.717) is 11.5 Å². The fraction of sp³-hybridized carbons (Fsp3) is 0.722. The maximum absolute atomic E-state index is 4.85. The highest BCUT2D eigenvalue weighted by Gasteiger charge is 2.35. The van der Waals surface area contributed by atoms with E-state index in [2.05, 4.69) is 57.0 Å². The molecule has 1 aromatic rings. The first kappa shape index (κ1) is 16.3. The third kappa shape index (κ3) is 3.76. The van der Waals surface area contributed by atoms with Crippen LogP contribution in [0.4, 0.5) is 5.82 Å². The number of rotatable bonds is 6. The van der Waals surface area contributed by atoms with Crippen molar-refractivity contribution >= 4 is 5.82 Å². The van der Waals surface area contributed by atoms with E-state index in [1.165, 1.54) is 24.8 Å². The zero-order valence-corrected chi connectivity index (χ0v) is 14.4. The summed E-state index contributed by atoms with van der Waals surface area (Å²) in [5.74, 6) is 1.16. The normalized spacial score (nSPS) is 17.7. The van der Waals surface area contributed by atoms with Crippen molar-refractivity contribution in [3.05, 3.63) is 23.4 Å². The first-order valence-corrected chi connectivity index (χ1v) is 8.44. The van der Waals surface area contributed by atoms with Crippen molar-refractivity contribution in [2.45, 2.75) is 66.5 Å². The molecule has 0 radical (unpaired) electrons. The minimum absolute atomic E-state index is 0.507. The summed E-state index contributed by atoms with van der Waals surface area (Å²) in [4.78, 5) is 7.33. The Morgan fingerprint density at radius 2 is 2.00 bits per heavy atom. The molecule has 1 fully saturated rings. The predicted octanol–water partition coefficient (Wildman–Crippen LogP) is 3.90. The molecule has 0 unspecified atom stereocenters. The largest absolute Gasteiger partial charge is 0.356 e.